The molecule has 2 saturated carbocycles. The Morgan fingerprint density at radius 3 is 2.07 bits per heavy atom. The number of imide groups is 1. The number of nitrogens with zero attached hydrogens (tertiary/aromatic N) is 1. The highest BCUT2D eigenvalue weighted by atomic mass is 16.5. The zero-order valence-corrected chi connectivity index (χ0v) is 17.1. The first-order valence-corrected chi connectivity index (χ1v) is 10.6. The molecule has 2 bridgehead atoms. The molecule has 1 saturated heterocycles. The number of hydrogen-bond acceptors (Lipinski definition) is 4. The van der Waals surface area contributed by atoms with Gasteiger partial charge in [0.25, 0.3) is 0 Å². The van der Waals surface area contributed by atoms with Gasteiger partial charge in [0.05, 0.1) is 18.3 Å². The summed E-state index contributed by atoms with van der Waals surface area (Å²) in [6.45, 7) is 6.49. The van der Waals surface area contributed by atoms with Crippen LogP contribution in [0.1, 0.15) is 39.2 Å². The summed E-state index contributed by atoms with van der Waals surface area (Å²) in [5.41, 5.74) is 1.19. The second-order valence-corrected chi connectivity index (χ2v) is 9.98. The lowest BCUT2D eigenvalue weighted by atomic mass is 9.63. The Hall–Kier alpha value is -2.43. The van der Waals surface area contributed by atoms with Gasteiger partial charge in [-0.25, -0.2) is 0 Å². The Balaban J connectivity index is 1.20. The number of rotatable bonds is 4. The normalized spacial score (nSPS) is 34.2. The summed E-state index contributed by atoms with van der Waals surface area (Å²) in [4.78, 5) is 39.5. The third kappa shape index (κ3) is 2.93. The highest BCUT2D eigenvalue weighted by Gasteiger charge is 2.66. The van der Waals surface area contributed by atoms with E-state index in [0.717, 1.165) is 12.0 Å². The topological polar surface area (TPSA) is 63.7 Å². The second kappa shape index (κ2) is 6.28. The summed E-state index contributed by atoms with van der Waals surface area (Å²) in [6.07, 6.45) is 5.48. The summed E-state index contributed by atoms with van der Waals surface area (Å²) in [6, 6.07) is 7.48. The predicted octanol–water partition coefficient (Wildman–Crippen LogP) is 3.33. The van der Waals surface area contributed by atoms with Crippen molar-refractivity contribution in [1.29, 1.82) is 0 Å². The molecule has 1 heterocycles. The van der Waals surface area contributed by atoms with Gasteiger partial charge in [-0.15, -0.1) is 0 Å². The molecule has 152 valence electrons. The number of benzene rings is 1. The van der Waals surface area contributed by atoms with Crippen LogP contribution in [-0.2, 0) is 19.8 Å². The Labute approximate surface area is 171 Å². The summed E-state index contributed by atoms with van der Waals surface area (Å²) < 4.78 is 5.41. The smallest absolute Gasteiger partial charge is 0.312 e. The molecule has 6 atom stereocenters. The molecule has 1 aromatic carbocycles. The monoisotopic (exact) mass is 393 g/mol. The van der Waals surface area contributed by atoms with Gasteiger partial charge in [0, 0.05) is 6.54 Å². The molecule has 5 aliphatic rings. The summed E-state index contributed by atoms with van der Waals surface area (Å²) in [5, 5.41) is 0. The lowest BCUT2D eigenvalue weighted by Gasteiger charge is -2.37. The van der Waals surface area contributed by atoms with Crippen molar-refractivity contribution in [3.63, 3.8) is 0 Å². The lowest BCUT2D eigenvalue weighted by molar-refractivity contribution is -0.141. The highest BCUT2D eigenvalue weighted by molar-refractivity contribution is 6.06. The Bertz CT molecular complexity index is 874. The molecule has 5 nitrogen and oxygen atoms in total. The van der Waals surface area contributed by atoms with E-state index in [4.69, 9.17) is 4.74 Å². The van der Waals surface area contributed by atoms with Crippen molar-refractivity contribution in [1.82, 2.24) is 4.90 Å². The average Bonchev–Trinajstić information content (AvgIpc) is 3.45. The number of likely N-dealkylation sites (tertiary alicyclic amines) is 1. The first kappa shape index (κ1) is 18.6. The maximum atomic E-state index is 12.9. The van der Waals surface area contributed by atoms with Gasteiger partial charge < -0.3 is 4.74 Å². The van der Waals surface area contributed by atoms with Crippen molar-refractivity contribution in [3.05, 3.63) is 42.0 Å². The lowest BCUT2D eigenvalue weighted by Crippen LogP contribution is -2.40. The van der Waals surface area contributed by atoms with Gasteiger partial charge in [0.2, 0.25) is 11.8 Å². The third-order valence-corrected chi connectivity index (χ3v) is 7.25. The SMILES string of the molecule is CC(C)(C)c1ccc(OC(=O)CCN2C(=O)[C@@H]3[C@H]4C=C[C@H]([C@H]5C[C@H]45)[C@@H]3C2=O)cc1. The first-order valence-electron chi connectivity index (χ1n) is 10.6. The van der Waals surface area contributed by atoms with Crippen LogP contribution in [-0.4, -0.2) is 29.2 Å². The van der Waals surface area contributed by atoms with E-state index < -0.39 is 5.97 Å². The molecule has 6 rings (SSSR count). The number of hydrogen-bond donors (Lipinski definition) is 0. The molecule has 4 aliphatic carbocycles. The maximum Gasteiger partial charge on any atom is 0.312 e. The number of carbonyl (C=O) groups excluding carboxylic acids is 3. The summed E-state index contributed by atoms with van der Waals surface area (Å²) in [7, 11) is 0. The van der Waals surface area contributed by atoms with Crippen LogP contribution in [0.2, 0.25) is 0 Å². The molecule has 1 aromatic rings. The van der Waals surface area contributed by atoms with Gasteiger partial charge in [-0.1, -0.05) is 45.1 Å². The number of amides is 2. The minimum Gasteiger partial charge on any atom is -0.426 e. The van der Waals surface area contributed by atoms with E-state index in [1.165, 1.54) is 4.90 Å². The van der Waals surface area contributed by atoms with Gasteiger partial charge in [0.15, 0.2) is 0 Å². The van der Waals surface area contributed by atoms with Crippen molar-refractivity contribution >= 4 is 17.8 Å². The predicted molar refractivity (Wildman–Crippen MR) is 107 cm³/mol. The van der Waals surface area contributed by atoms with Crippen molar-refractivity contribution in [2.75, 3.05) is 6.54 Å². The van der Waals surface area contributed by atoms with Crippen molar-refractivity contribution in [2.45, 2.75) is 39.0 Å². The highest BCUT2D eigenvalue weighted by Crippen LogP contribution is 2.65. The van der Waals surface area contributed by atoms with Crippen LogP contribution in [0.5, 0.6) is 5.75 Å². The quantitative estimate of drug-likeness (QED) is 0.341. The fourth-order valence-electron chi connectivity index (χ4n) is 5.65. The van der Waals surface area contributed by atoms with Crippen molar-refractivity contribution < 1.29 is 19.1 Å². The van der Waals surface area contributed by atoms with E-state index in [2.05, 4.69) is 32.9 Å². The van der Waals surface area contributed by atoms with E-state index in [-0.39, 0.29) is 53.9 Å². The minimum absolute atomic E-state index is 0.0214. The standard InChI is InChI=1S/C24H27NO4/c1-24(2,3)13-4-6-14(7-5-13)29-19(26)10-11-25-22(27)20-15-8-9-16(18-12-17(15)18)21(20)23(25)28/h4-9,15-18,20-21H,10-12H2,1-3H3/t15-,16+,17-,18-,20+,21-/m1/s1. The number of carbonyl (C=O) groups is 3. The van der Waals surface area contributed by atoms with Gasteiger partial charge in [-0.2, -0.15) is 0 Å². The average molecular weight is 393 g/mol. The molecule has 5 heteroatoms. The van der Waals surface area contributed by atoms with E-state index in [0.29, 0.717) is 17.6 Å². The van der Waals surface area contributed by atoms with E-state index in [1.54, 1.807) is 12.1 Å². The number of ether oxygens (including phenoxy) is 1. The van der Waals surface area contributed by atoms with Crippen LogP contribution in [0.3, 0.4) is 0 Å². The number of allylic oxidation sites excluding steroid dienone is 2. The largest absolute Gasteiger partial charge is 0.426 e. The van der Waals surface area contributed by atoms with E-state index in [9.17, 15) is 14.4 Å². The molecule has 0 aromatic heterocycles. The van der Waals surface area contributed by atoms with Crippen LogP contribution in [0.15, 0.2) is 36.4 Å². The fourth-order valence-corrected chi connectivity index (χ4v) is 5.65. The van der Waals surface area contributed by atoms with E-state index >= 15 is 0 Å². The van der Waals surface area contributed by atoms with Crippen molar-refractivity contribution in [3.8, 4) is 5.75 Å². The van der Waals surface area contributed by atoms with Crippen LogP contribution in [0.25, 0.3) is 0 Å². The van der Waals surface area contributed by atoms with Gasteiger partial charge >= 0.3 is 5.97 Å². The first-order chi connectivity index (χ1) is 13.8. The summed E-state index contributed by atoms with van der Waals surface area (Å²) in [5.74, 6) is 1.07. The molecule has 1 aliphatic heterocycles. The molecular formula is C24H27NO4. The van der Waals surface area contributed by atoms with Crippen LogP contribution >= 0.6 is 0 Å². The third-order valence-electron chi connectivity index (χ3n) is 7.25. The Morgan fingerprint density at radius 1 is 1.00 bits per heavy atom. The molecule has 2 amide bonds. The maximum absolute atomic E-state index is 12.9. The zero-order valence-electron chi connectivity index (χ0n) is 17.1. The molecule has 0 unspecified atom stereocenters. The Morgan fingerprint density at radius 2 is 1.55 bits per heavy atom. The minimum atomic E-state index is -0.423. The molecule has 3 fully saturated rings. The summed E-state index contributed by atoms with van der Waals surface area (Å²) >= 11 is 0. The van der Waals surface area contributed by atoms with Crippen molar-refractivity contribution in [2.24, 2.45) is 35.5 Å². The molecule has 0 spiro atoms. The van der Waals surface area contributed by atoms with E-state index in [1.807, 2.05) is 12.1 Å². The van der Waals surface area contributed by atoms with Crippen LogP contribution in [0, 0.1) is 35.5 Å². The van der Waals surface area contributed by atoms with Gasteiger partial charge in [0.1, 0.15) is 5.75 Å². The molecule has 0 radical (unpaired) electrons. The second-order valence-electron chi connectivity index (χ2n) is 9.98. The molecule has 29 heavy (non-hydrogen) atoms. The van der Waals surface area contributed by atoms with Gasteiger partial charge in [-0.05, 0) is 53.2 Å². The Kier molecular flexibility index (Phi) is 4.03. The molecular weight excluding hydrogens is 366 g/mol. The number of esters is 1. The fraction of sp³-hybridized carbons (Fsp3) is 0.542. The van der Waals surface area contributed by atoms with Crippen LogP contribution < -0.4 is 4.74 Å². The zero-order chi connectivity index (χ0) is 20.5. The molecule has 0 N–H and O–H groups in total. The van der Waals surface area contributed by atoms with Gasteiger partial charge in [-0.3, -0.25) is 19.3 Å². The van der Waals surface area contributed by atoms with Crippen LogP contribution in [0.4, 0.5) is 0 Å².